The molecular weight excluding hydrogens is 444 g/mol. The summed E-state index contributed by atoms with van der Waals surface area (Å²) in [6.07, 6.45) is 2.88. The van der Waals surface area contributed by atoms with Crippen molar-refractivity contribution in [2.45, 2.75) is 12.5 Å². The molecule has 4 N–H and O–H groups in total. The van der Waals surface area contributed by atoms with Crippen LogP contribution in [0.5, 0.6) is 5.75 Å². The summed E-state index contributed by atoms with van der Waals surface area (Å²) in [6.45, 7) is -0.135. The number of carbonyl (C=O) groups excluding carboxylic acids is 4. The molecule has 1 heterocycles. The van der Waals surface area contributed by atoms with Gasteiger partial charge in [0.15, 0.2) is 5.78 Å². The molecule has 1 aliphatic rings. The fraction of sp³-hybridized carbons (Fsp3) is 0.217. The smallest absolute Gasteiger partial charge is 0.268 e. The number of fused-ring (bicyclic) bond motifs is 1. The van der Waals surface area contributed by atoms with Crippen molar-refractivity contribution < 1.29 is 23.9 Å². The number of ether oxygens (including phenoxy) is 1. The van der Waals surface area contributed by atoms with Crippen LogP contribution in [-0.2, 0) is 20.8 Å². The highest BCUT2D eigenvalue weighted by Crippen LogP contribution is 2.31. The van der Waals surface area contributed by atoms with Gasteiger partial charge in [-0.1, -0.05) is 42.3 Å². The number of ketones is 1. The minimum absolute atomic E-state index is 0.102. The maximum atomic E-state index is 12.9. The van der Waals surface area contributed by atoms with E-state index in [-0.39, 0.29) is 30.4 Å². The van der Waals surface area contributed by atoms with Gasteiger partial charge in [0.25, 0.3) is 17.7 Å². The van der Waals surface area contributed by atoms with Gasteiger partial charge in [0, 0.05) is 31.4 Å². The molecule has 172 valence electrons. The second kappa shape index (κ2) is 10.7. The number of nitrogens with two attached hydrogens (primary N) is 1. The summed E-state index contributed by atoms with van der Waals surface area (Å²) < 4.78 is 8.31. The molecule has 0 saturated carbocycles. The van der Waals surface area contributed by atoms with Crippen molar-refractivity contribution in [1.29, 1.82) is 0 Å². The second-order valence-corrected chi connectivity index (χ2v) is 7.89. The highest BCUT2D eigenvalue weighted by atomic mass is 32.2. The minimum atomic E-state index is -1.03. The highest BCUT2D eigenvalue weighted by molar-refractivity contribution is 7.97. The van der Waals surface area contributed by atoms with E-state index in [1.807, 2.05) is 18.2 Å². The van der Waals surface area contributed by atoms with E-state index in [2.05, 4.69) is 10.0 Å². The van der Waals surface area contributed by atoms with Gasteiger partial charge in [0.05, 0.1) is 5.69 Å². The molecule has 0 bridgehead atoms. The molecular formula is C23H24N4O5S. The zero-order valence-corrected chi connectivity index (χ0v) is 19.0. The number of hydrogen-bond acceptors (Lipinski definition) is 7. The average Bonchev–Trinajstić information content (AvgIpc) is 2.91. The molecule has 2 aromatic rings. The van der Waals surface area contributed by atoms with Crippen LogP contribution in [0.15, 0.2) is 60.3 Å². The zero-order chi connectivity index (χ0) is 24.0. The highest BCUT2D eigenvalue weighted by Gasteiger charge is 2.31. The first-order valence-electron chi connectivity index (χ1n) is 10.0. The number of carbonyl (C=O) groups is 4. The van der Waals surface area contributed by atoms with Crippen molar-refractivity contribution in [3.63, 3.8) is 0 Å². The first-order valence-corrected chi connectivity index (χ1v) is 11.2. The summed E-state index contributed by atoms with van der Waals surface area (Å²) in [5.74, 6) is -1.45. The van der Waals surface area contributed by atoms with Crippen molar-refractivity contribution >= 4 is 41.1 Å². The van der Waals surface area contributed by atoms with E-state index in [4.69, 9.17) is 10.5 Å². The number of allylic oxidation sites excluding steroid dienone is 1. The van der Waals surface area contributed by atoms with E-state index in [0.29, 0.717) is 17.0 Å². The molecule has 0 aliphatic carbocycles. The number of amides is 3. The van der Waals surface area contributed by atoms with Crippen LogP contribution in [0.4, 0.5) is 5.69 Å². The van der Waals surface area contributed by atoms with Crippen molar-refractivity contribution in [1.82, 2.24) is 10.0 Å². The fourth-order valence-corrected chi connectivity index (χ4v) is 3.53. The molecule has 0 spiro atoms. The summed E-state index contributed by atoms with van der Waals surface area (Å²) in [6, 6.07) is 12.7. The molecule has 0 fully saturated rings. The summed E-state index contributed by atoms with van der Waals surface area (Å²) in [7, 11) is 1.52. The number of anilines is 1. The predicted octanol–water partition coefficient (Wildman–Crippen LogP) is 1.19. The maximum absolute atomic E-state index is 12.9. The molecule has 0 radical (unpaired) electrons. The van der Waals surface area contributed by atoms with Crippen LogP contribution in [0.2, 0.25) is 0 Å². The Bertz CT molecular complexity index is 1100. The Kier molecular flexibility index (Phi) is 7.73. The van der Waals surface area contributed by atoms with Crippen molar-refractivity contribution in [3.8, 4) is 5.75 Å². The third-order valence-corrected chi connectivity index (χ3v) is 5.31. The van der Waals surface area contributed by atoms with E-state index in [0.717, 1.165) is 23.6 Å². The number of hydrogen-bond donors (Lipinski definition) is 3. The first kappa shape index (κ1) is 23.9. The van der Waals surface area contributed by atoms with Gasteiger partial charge >= 0.3 is 0 Å². The van der Waals surface area contributed by atoms with E-state index in [9.17, 15) is 19.2 Å². The van der Waals surface area contributed by atoms with Gasteiger partial charge in [-0.3, -0.25) is 23.9 Å². The van der Waals surface area contributed by atoms with Crippen LogP contribution in [0.25, 0.3) is 0 Å². The normalized spacial score (nSPS) is 15.7. The minimum Gasteiger partial charge on any atom is -0.489 e. The van der Waals surface area contributed by atoms with Crippen LogP contribution < -0.4 is 25.4 Å². The maximum Gasteiger partial charge on any atom is 0.268 e. The Labute approximate surface area is 195 Å². The van der Waals surface area contributed by atoms with Gasteiger partial charge in [-0.25, -0.2) is 0 Å². The standard InChI is InChI=1S/C23H24N4O5S/c1-27-19-11-15(21(29)26-33-2)8-9-20(19)32-13-18(23(27)31)25-22(30)17(24)12-16(28)10-14-6-4-3-5-7-14/h3-9,11-12,18H,10,13,24H2,1-2H3,(H,25,30)(H,26,29)/b17-12-/t18-/m0/s1. The zero-order valence-electron chi connectivity index (χ0n) is 18.2. The molecule has 1 atom stereocenters. The van der Waals surface area contributed by atoms with E-state index in [1.165, 1.54) is 11.9 Å². The third kappa shape index (κ3) is 5.92. The molecule has 1 aliphatic heterocycles. The second-order valence-electron chi connectivity index (χ2n) is 7.28. The Hall–Kier alpha value is -3.79. The van der Waals surface area contributed by atoms with Gasteiger partial charge in [-0.05, 0) is 23.8 Å². The lowest BCUT2D eigenvalue weighted by atomic mass is 10.1. The Morgan fingerprint density at radius 2 is 1.94 bits per heavy atom. The summed E-state index contributed by atoms with van der Waals surface area (Å²) in [5, 5.41) is 2.52. The van der Waals surface area contributed by atoms with Gasteiger partial charge in [-0.15, -0.1) is 0 Å². The Balaban J connectivity index is 1.69. The molecule has 3 amide bonds. The molecule has 0 unspecified atom stereocenters. The lowest BCUT2D eigenvalue weighted by Gasteiger charge is -2.20. The number of benzene rings is 2. The molecule has 3 rings (SSSR count). The lowest BCUT2D eigenvalue weighted by molar-refractivity contribution is -0.126. The molecule has 33 heavy (non-hydrogen) atoms. The number of nitrogens with zero attached hydrogens (tertiary/aromatic N) is 1. The van der Waals surface area contributed by atoms with E-state index >= 15 is 0 Å². The van der Waals surface area contributed by atoms with Gasteiger partial charge in [-0.2, -0.15) is 0 Å². The van der Waals surface area contributed by atoms with Crippen LogP contribution >= 0.6 is 11.9 Å². The number of nitrogens with one attached hydrogen (secondary N) is 2. The van der Waals surface area contributed by atoms with Crippen LogP contribution in [0.3, 0.4) is 0 Å². The first-order chi connectivity index (χ1) is 15.8. The number of rotatable bonds is 7. The molecule has 0 saturated heterocycles. The van der Waals surface area contributed by atoms with Crippen LogP contribution in [0, 0.1) is 0 Å². The Morgan fingerprint density at radius 1 is 1.21 bits per heavy atom. The third-order valence-electron chi connectivity index (χ3n) is 4.92. The summed E-state index contributed by atoms with van der Waals surface area (Å²) >= 11 is 1.16. The predicted molar refractivity (Wildman–Crippen MR) is 126 cm³/mol. The number of likely N-dealkylation sites (N-methyl/N-ethyl adjacent to an activating group) is 1. The molecule has 10 heteroatoms. The van der Waals surface area contributed by atoms with Gasteiger partial charge in [0.1, 0.15) is 24.1 Å². The largest absolute Gasteiger partial charge is 0.489 e. The monoisotopic (exact) mass is 468 g/mol. The Morgan fingerprint density at radius 3 is 2.64 bits per heavy atom. The summed E-state index contributed by atoms with van der Waals surface area (Å²) in [4.78, 5) is 51.1. The van der Waals surface area contributed by atoms with Gasteiger partial charge in [0.2, 0.25) is 0 Å². The molecule has 2 aromatic carbocycles. The average molecular weight is 469 g/mol. The fourth-order valence-electron chi connectivity index (χ4n) is 3.22. The van der Waals surface area contributed by atoms with Gasteiger partial charge < -0.3 is 20.7 Å². The topological polar surface area (TPSA) is 131 Å². The molecule has 9 nitrogen and oxygen atoms in total. The lowest BCUT2D eigenvalue weighted by Crippen LogP contribution is -2.50. The van der Waals surface area contributed by atoms with E-state index in [1.54, 1.807) is 36.6 Å². The van der Waals surface area contributed by atoms with Crippen molar-refractivity contribution in [3.05, 3.63) is 71.4 Å². The van der Waals surface area contributed by atoms with Crippen molar-refractivity contribution in [2.75, 3.05) is 24.8 Å². The van der Waals surface area contributed by atoms with Crippen LogP contribution in [0.1, 0.15) is 15.9 Å². The quantitative estimate of drug-likeness (QED) is 0.411. The van der Waals surface area contributed by atoms with Crippen LogP contribution in [-0.4, -0.2) is 49.5 Å². The summed E-state index contributed by atoms with van der Waals surface area (Å²) in [5.41, 5.74) is 7.04. The van der Waals surface area contributed by atoms with E-state index < -0.39 is 17.9 Å². The van der Waals surface area contributed by atoms with Crippen molar-refractivity contribution in [2.24, 2.45) is 5.73 Å². The SMILES string of the molecule is CSNC(=O)c1ccc2c(c1)N(C)C(=O)[C@@H](NC(=O)/C(N)=C/C(=O)Cc1ccccc1)CO2. The molecule has 0 aromatic heterocycles.